The van der Waals surface area contributed by atoms with Gasteiger partial charge < -0.3 is 15.5 Å². The van der Waals surface area contributed by atoms with Gasteiger partial charge in [-0.1, -0.05) is 30.3 Å². The van der Waals surface area contributed by atoms with Crippen LogP contribution in [0.2, 0.25) is 0 Å². The molecular weight excluding hydrogens is 440 g/mol. The SMILES string of the molecule is Cc1nn(-c2ccccc2)nc1C(=O)NC1CCC(Nc2nc(N(C)C)c3ccccc3n2)CC1. The Morgan fingerprint density at radius 3 is 2.34 bits per heavy atom. The van der Waals surface area contributed by atoms with Crippen molar-refractivity contribution in [2.45, 2.75) is 44.7 Å². The molecule has 35 heavy (non-hydrogen) atoms. The van der Waals surface area contributed by atoms with E-state index in [9.17, 15) is 4.79 Å². The fourth-order valence-corrected chi connectivity index (χ4v) is 4.55. The van der Waals surface area contributed by atoms with Gasteiger partial charge in [-0.3, -0.25) is 4.79 Å². The molecule has 4 aromatic rings. The van der Waals surface area contributed by atoms with E-state index < -0.39 is 0 Å². The zero-order valence-corrected chi connectivity index (χ0v) is 20.3. The highest BCUT2D eigenvalue weighted by Crippen LogP contribution is 2.26. The average Bonchev–Trinajstić information content (AvgIpc) is 3.27. The van der Waals surface area contributed by atoms with Crippen molar-refractivity contribution < 1.29 is 4.79 Å². The molecule has 2 N–H and O–H groups in total. The smallest absolute Gasteiger partial charge is 0.273 e. The number of nitrogens with zero attached hydrogens (tertiary/aromatic N) is 6. The Morgan fingerprint density at radius 1 is 0.914 bits per heavy atom. The molecule has 2 aromatic carbocycles. The molecule has 5 rings (SSSR count). The number of hydrogen-bond donors (Lipinski definition) is 2. The summed E-state index contributed by atoms with van der Waals surface area (Å²) in [5.74, 6) is 1.38. The normalized spacial score (nSPS) is 17.8. The van der Waals surface area contributed by atoms with Gasteiger partial charge in [0.1, 0.15) is 5.82 Å². The van der Waals surface area contributed by atoms with Gasteiger partial charge >= 0.3 is 0 Å². The second-order valence-electron chi connectivity index (χ2n) is 9.21. The zero-order valence-electron chi connectivity index (χ0n) is 20.3. The molecular formula is C26H30N8O. The van der Waals surface area contributed by atoms with Crippen LogP contribution in [0.1, 0.15) is 41.9 Å². The largest absolute Gasteiger partial charge is 0.362 e. The number of hydrogen-bond acceptors (Lipinski definition) is 7. The van der Waals surface area contributed by atoms with Gasteiger partial charge in [0, 0.05) is 31.6 Å². The van der Waals surface area contributed by atoms with Gasteiger partial charge in [-0.25, -0.2) is 4.98 Å². The molecule has 0 radical (unpaired) electrons. The standard InChI is InChI=1S/C26H30N8O/c1-17-23(32-34(31-17)20-9-5-4-6-10-20)25(35)27-18-13-15-19(16-14-18)28-26-29-22-12-8-7-11-21(22)24(30-26)33(2)3/h4-12,18-19H,13-16H2,1-3H3,(H,27,35)(H,28,29,30). The summed E-state index contributed by atoms with van der Waals surface area (Å²) in [6.45, 7) is 1.81. The van der Waals surface area contributed by atoms with E-state index in [4.69, 9.17) is 9.97 Å². The summed E-state index contributed by atoms with van der Waals surface area (Å²) in [7, 11) is 3.99. The van der Waals surface area contributed by atoms with Crippen LogP contribution in [0.15, 0.2) is 54.6 Å². The van der Waals surface area contributed by atoms with E-state index in [1.165, 1.54) is 4.80 Å². The molecule has 1 aliphatic carbocycles. The van der Waals surface area contributed by atoms with Gasteiger partial charge in [0.2, 0.25) is 5.95 Å². The Bertz CT molecular complexity index is 1330. The number of benzene rings is 2. The molecule has 1 fully saturated rings. The summed E-state index contributed by atoms with van der Waals surface area (Å²) >= 11 is 0. The van der Waals surface area contributed by atoms with Crippen molar-refractivity contribution in [3.05, 3.63) is 66.0 Å². The van der Waals surface area contributed by atoms with Gasteiger partial charge in [0.05, 0.1) is 16.9 Å². The van der Waals surface area contributed by atoms with Crippen molar-refractivity contribution in [2.75, 3.05) is 24.3 Å². The molecule has 0 saturated heterocycles. The van der Waals surface area contributed by atoms with Crippen LogP contribution in [0.25, 0.3) is 16.6 Å². The minimum absolute atomic E-state index is 0.108. The summed E-state index contributed by atoms with van der Waals surface area (Å²) in [4.78, 5) is 25.9. The number of rotatable bonds is 6. The van der Waals surface area contributed by atoms with Crippen molar-refractivity contribution in [3.63, 3.8) is 0 Å². The molecule has 0 unspecified atom stereocenters. The second kappa shape index (κ2) is 9.69. The lowest BCUT2D eigenvalue weighted by molar-refractivity contribution is 0.0920. The second-order valence-corrected chi connectivity index (χ2v) is 9.21. The van der Waals surface area contributed by atoms with Crippen LogP contribution in [0.3, 0.4) is 0 Å². The molecule has 180 valence electrons. The fraction of sp³-hybridized carbons (Fsp3) is 0.346. The van der Waals surface area contributed by atoms with Crippen molar-refractivity contribution in [1.29, 1.82) is 0 Å². The summed E-state index contributed by atoms with van der Waals surface area (Å²) < 4.78 is 0. The van der Waals surface area contributed by atoms with E-state index in [1.54, 1.807) is 0 Å². The van der Waals surface area contributed by atoms with Crippen molar-refractivity contribution >= 4 is 28.6 Å². The Morgan fingerprint density at radius 2 is 1.60 bits per heavy atom. The average molecular weight is 471 g/mol. The van der Waals surface area contributed by atoms with E-state index in [2.05, 4.69) is 20.8 Å². The van der Waals surface area contributed by atoms with E-state index in [0.29, 0.717) is 17.3 Å². The lowest BCUT2D eigenvalue weighted by Crippen LogP contribution is -2.40. The van der Waals surface area contributed by atoms with Crippen LogP contribution in [-0.2, 0) is 0 Å². The molecule has 1 amide bonds. The Hall–Kier alpha value is -4.01. The third-order valence-electron chi connectivity index (χ3n) is 6.39. The maximum absolute atomic E-state index is 12.9. The molecule has 0 bridgehead atoms. The predicted octanol–water partition coefficient (Wildman–Crippen LogP) is 3.74. The summed E-state index contributed by atoms with van der Waals surface area (Å²) in [6.07, 6.45) is 3.61. The van der Waals surface area contributed by atoms with E-state index in [1.807, 2.05) is 80.5 Å². The first kappa shape index (κ1) is 22.8. The number of amides is 1. The van der Waals surface area contributed by atoms with E-state index in [0.717, 1.165) is 48.1 Å². The molecule has 0 aliphatic heterocycles. The maximum Gasteiger partial charge on any atom is 0.273 e. The number of para-hydroxylation sites is 2. The minimum Gasteiger partial charge on any atom is -0.362 e. The van der Waals surface area contributed by atoms with Crippen LogP contribution in [0.4, 0.5) is 11.8 Å². The molecule has 0 spiro atoms. The van der Waals surface area contributed by atoms with Crippen LogP contribution in [0, 0.1) is 6.92 Å². The quantitative estimate of drug-likeness (QED) is 0.443. The predicted molar refractivity (Wildman–Crippen MR) is 137 cm³/mol. The Balaban J connectivity index is 1.20. The molecule has 9 nitrogen and oxygen atoms in total. The minimum atomic E-state index is -0.172. The number of fused-ring (bicyclic) bond motifs is 1. The van der Waals surface area contributed by atoms with Crippen LogP contribution < -0.4 is 15.5 Å². The lowest BCUT2D eigenvalue weighted by Gasteiger charge is -2.29. The number of nitrogens with one attached hydrogen (secondary N) is 2. The Kier molecular flexibility index (Phi) is 6.31. The van der Waals surface area contributed by atoms with Gasteiger partial charge in [-0.2, -0.15) is 14.9 Å². The molecule has 0 atom stereocenters. The van der Waals surface area contributed by atoms with Crippen LogP contribution >= 0.6 is 0 Å². The van der Waals surface area contributed by atoms with Crippen LogP contribution in [-0.4, -0.2) is 57.0 Å². The highest BCUT2D eigenvalue weighted by atomic mass is 16.2. The first-order valence-corrected chi connectivity index (χ1v) is 12.0. The van der Waals surface area contributed by atoms with Crippen molar-refractivity contribution in [3.8, 4) is 5.69 Å². The lowest BCUT2D eigenvalue weighted by atomic mass is 9.91. The topological polar surface area (TPSA) is 101 Å². The van der Waals surface area contributed by atoms with Gasteiger partial charge in [-0.05, 0) is 56.9 Å². The van der Waals surface area contributed by atoms with E-state index >= 15 is 0 Å². The fourth-order valence-electron chi connectivity index (χ4n) is 4.55. The van der Waals surface area contributed by atoms with E-state index in [-0.39, 0.29) is 18.0 Å². The number of carbonyl (C=O) groups excluding carboxylic acids is 1. The number of anilines is 2. The van der Waals surface area contributed by atoms with Crippen molar-refractivity contribution in [2.24, 2.45) is 0 Å². The number of aromatic nitrogens is 5. The van der Waals surface area contributed by atoms with Crippen LogP contribution in [0.5, 0.6) is 0 Å². The third kappa shape index (κ3) is 4.94. The Labute approximate surface area is 204 Å². The zero-order chi connectivity index (χ0) is 24.4. The third-order valence-corrected chi connectivity index (χ3v) is 6.39. The molecule has 2 aromatic heterocycles. The van der Waals surface area contributed by atoms with Gasteiger partial charge in [0.15, 0.2) is 5.69 Å². The highest BCUT2D eigenvalue weighted by Gasteiger charge is 2.25. The summed E-state index contributed by atoms with van der Waals surface area (Å²) in [5, 5.41) is 16.5. The monoisotopic (exact) mass is 470 g/mol. The highest BCUT2D eigenvalue weighted by molar-refractivity contribution is 5.93. The summed E-state index contributed by atoms with van der Waals surface area (Å²) in [6, 6.07) is 18.0. The molecule has 1 aliphatic rings. The number of aryl methyl sites for hydroxylation is 1. The first-order chi connectivity index (χ1) is 17.0. The van der Waals surface area contributed by atoms with Gasteiger partial charge in [-0.15, -0.1) is 5.10 Å². The van der Waals surface area contributed by atoms with Gasteiger partial charge in [0.25, 0.3) is 5.91 Å². The molecule has 9 heteroatoms. The maximum atomic E-state index is 12.9. The molecule has 1 saturated carbocycles. The molecule has 2 heterocycles. The first-order valence-electron chi connectivity index (χ1n) is 12.0. The number of carbonyl (C=O) groups is 1. The van der Waals surface area contributed by atoms with Crippen molar-refractivity contribution in [1.82, 2.24) is 30.3 Å². The summed E-state index contributed by atoms with van der Waals surface area (Å²) in [5.41, 5.74) is 2.74.